The van der Waals surface area contributed by atoms with Gasteiger partial charge in [-0.2, -0.15) is 5.26 Å². The van der Waals surface area contributed by atoms with Gasteiger partial charge in [-0.1, -0.05) is 42.0 Å². The van der Waals surface area contributed by atoms with Crippen LogP contribution < -0.4 is 0 Å². The van der Waals surface area contributed by atoms with Crippen molar-refractivity contribution in [3.63, 3.8) is 0 Å². The predicted molar refractivity (Wildman–Crippen MR) is 94.8 cm³/mol. The number of ether oxygens (including phenoxy) is 1. The fraction of sp³-hybridized carbons (Fsp3) is 0.100. The first-order chi connectivity index (χ1) is 11.7. The van der Waals surface area contributed by atoms with Gasteiger partial charge in [0.25, 0.3) is 0 Å². The lowest BCUT2D eigenvalue weighted by atomic mass is 10.1. The van der Waals surface area contributed by atoms with Gasteiger partial charge in [-0.3, -0.25) is 0 Å². The molecule has 0 fully saturated rings. The van der Waals surface area contributed by atoms with Crippen LogP contribution in [0.4, 0.5) is 0 Å². The number of esters is 1. The van der Waals surface area contributed by atoms with Crippen LogP contribution in [0.25, 0.3) is 11.1 Å². The number of hydrogen-bond donors (Lipinski definition) is 0. The molecule has 3 rings (SSSR count). The molecule has 3 aromatic rings. The van der Waals surface area contributed by atoms with Crippen LogP contribution in [0.5, 0.6) is 0 Å². The Kier molecular flexibility index (Phi) is 4.74. The van der Waals surface area contributed by atoms with E-state index in [-0.39, 0.29) is 12.6 Å². The molecule has 0 amide bonds. The zero-order valence-corrected chi connectivity index (χ0v) is 14.0. The van der Waals surface area contributed by atoms with Gasteiger partial charge in [-0.15, -0.1) is 11.3 Å². The minimum atomic E-state index is -0.345. The average molecular weight is 333 g/mol. The van der Waals surface area contributed by atoms with Gasteiger partial charge in [0, 0.05) is 5.56 Å². The molecule has 0 spiro atoms. The first kappa shape index (κ1) is 16.0. The van der Waals surface area contributed by atoms with Crippen LogP contribution in [0, 0.1) is 18.3 Å². The van der Waals surface area contributed by atoms with Gasteiger partial charge in [0.05, 0.1) is 11.6 Å². The van der Waals surface area contributed by atoms with E-state index in [9.17, 15) is 4.79 Å². The average Bonchev–Trinajstić information content (AvgIpc) is 3.10. The maximum Gasteiger partial charge on any atom is 0.349 e. The molecule has 0 aliphatic carbocycles. The third-order valence-corrected chi connectivity index (χ3v) is 4.53. The summed E-state index contributed by atoms with van der Waals surface area (Å²) in [7, 11) is 0. The Morgan fingerprint density at radius 3 is 2.71 bits per heavy atom. The van der Waals surface area contributed by atoms with Crippen LogP contribution in [-0.4, -0.2) is 5.97 Å². The Bertz CT molecular complexity index is 904. The second-order valence-electron chi connectivity index (χ2n) is 5.42. The summed E-state index contributed by atoms with van der Waals surface area (Å²) in [5.74, 6) is -0.345. The zero-order valence-electron chi connectivity index (χ0n) is 13.2. The summed E-state index contributed by atoms with van der Waals surface area (Å²) in [5, 5.41) is 10.8. The highest BCUT2D eigenvalue weighted by Crippen LogP contribution is 2.29. The van der Waals surface area contributed by atoms with Crippen LogP contribution in [0.3, 0.4) is 0 Å². The van der Waals surface area contributed by atoms with Crippen molar-refractivity contribution in [3.8, 4) is 17.2 Å². The maximum atomic E-state index is 12.4. The molecule has 24 heavy (non-hydrogen) atoms. The zero-order chi connectivity index (χ0) is 16.9. The monoisotopic (exact) mass is 333 g/mol. The number of hydrogen-bond acceptors (Lipinski definition) is 4. The van der Waals surface area contributed by atoms with Crippen LogP contribution in [0.2, 0.25) is 0 Å². The van der Waals surface area contributed by atoms with E-state index in [1.54, 1.807) is 18.2 Å². The van der Waals surface area contributed by atoms with E-state index in [4.69, 9.17) is 10.00 Å². The van der Waals surface area contributed by atoms with Gasteiger partial charge in [-0.05, 0) is 41.6 Å². The Balaban J connectivity index is 1.75. The molecule has 0 aliphatic heterocycles. The molecule has 0 N–H and O–H groups in total. The van der Waals surface area contributed by atoms with Crippen molar-refractivity contribution in [1.29, 1.82) is 5.26 Å². The third-order valence-electron chi connectivity index (χ3n) is 3.64. The van der Waals surface area contributed by atoms with Crippen molar-refractivity contribution in [3.05, 3.63) is 81.5 Å². The molecule has 0 radical (unpaired) electrons. The lowest BCUT2D eigenvalue weighted by molar-refractivity contribution is 0.0479. The molecular weight excluding hydrogens is 318 g/mol. The van der Waals surface area contributed by atoms with E-state index in [0.717, 1.165) is 16.7 Å². The Labute approximate surface area is 144 Å². The van der Waals surface area contributed by atoms with Gasteiger partial charge < -0.3 is 4.74 Å². The number of thiophene rings is 1. The highest BCUT2D eigenvalue weighted by molar-refractivity contribution is 7.12. The molecule has 2 aromatic carbocycles. The van der Waals surface area contributed by atoms with Crippen LogP contribution in [0.15, 0.2) is 60.0 Å². The van der Waals surface area contributed by atoms with Gasteiger partial charge >= 0.3 is 5.97 Å². The second-order valence-corrected chi connectivity index (χ2v) is 6.33. The Morgan fingerprint density at radius 2 is 1.96 bits per heavy atom. The second kappa shape index (κ2) is 7.12. The molecular formula is C20H15NO2S. The third kappa shape index (κ3) is 3.53. The fourth-order valence-electron chi connectivity index (χ4n) is 2.37. The summed E-state index contributed by atoms with van der Waals surface area (Å²) in [6.07, 6.45) is 0. The molecule has 0 bridgehead atoms. The molecule has 3 nitrogen and oxygen atoms in total. The van der Waals surface area contributed by atoms with E-state index < -0.39 is 0 Å². The van der Waals surface area contributed by atoms with Gasteiger partial charge in [-0.25, -0.2) is 4.79 Å². The van der Waals surface area contributed by atoms with E-state index in [1.165, 1.54) is 16.9 Å². The molecule has 0 saturated heterocycles. The fourth-order valence-corrected chi connectivity index (χ4v) is 3.18. The quantitative estimate of drug-likeness (QED) is 0.635. The first-order valence-corrected chi connectivity index (χ1v) is 8.36. The van der Waals surface area contributed by atoms with Gasteiger partial charge in [0.15, 0.2) is 0 Å². The minimum absolute atomic E-state index is 0.152. The number of carbonyl (C=O) groups is 1. The molecule has 1 heterocycles. The van der Waals surface area contributed by atoms with Gasteiger partial charge in [0.2, 0.25) is 0 Å². The van der Waals surface area contributed by atoms with Gasteiger partial charge in [0.1, 0.15) is 11.5 Å². The van der Waals surface area contributed by atoms with Crippen LogP contribution in [0.1, 0.15) is 26.4 Å². The van der Waals surface area contributed by atoms with Crippen molar-refractivity contribution in [1.82, 2.24) is 0 Å². The van der Waals surface area contributed by atoms with Crippen molar-refractivity contribution in [2.45, 2.75) is 13.5 Å². The number of benzene rings is 2. The molecule has 0 atom stereocenters. The maximum absolute atomic E-state index is 12.4. The van der Waals surface area contributed by atoms with Crippen LogP contribution >= 0.6 is 11.3 Å². The lowest BCUT2D eigenvalue weighted by Gasteiger charge is -2.07. The number of rotatable bonds is 4. The molecule has 0 unspecified atom stereocenters. The minimum Gasteiger partial charge on any atom is -0.457 e. The highest BCUT2D eigenvalue weighted by atomic mass is 32.1. The molecule has 1 aromatic heterocycles. The Hall–Kier alpha value is -2.90. The SMILES string of the molecule is Cc1ccc(-c2ccsc2C(=O)OCc2cccc(C#N)c2)cc1. The summed E-state index contributed by atoms with van der Waals surface area (Å²) >= 11 is 1.37. The molecule has 118 valence electrons. The summed E-state index contributed by atoms with van der Waals surface area (Å²) in [4.78, 5) is 13.0. The predicted octanol–water partition coefficient (Wildman–Crippen LogP) is 4.95. The largest absolute Gasteiger partial charge is 0.457 e. The highest BCUT2D eigenvalue weighted by Gasteiger charge is 2.16. The number of aryl methyl sites for hydroxylation is 1. The van der Waals surface area contributed by atoms with Crippen molar-refractivity contribution >= 4 is 17.3 Å². The van der Waals surface area contributed by atoms with Crippen molar-refractivity contribution in [2.24, 2.45) is 0 Å². The molecule has 0 saturated carbocycles. The van der Waals surface area contributed by atoms with Crippen molar-refractivity contribution in [2.75, 3.05) is 0 Å². The number of nitriles is 1. The van der Waals surface area contributed by atoms with E-state index in [2.05, 4.69) is 6.07 Å². The van der Waals surface area contributed by atoms with E-state index in [0.29, 0.717) is 10.4 Å². The van der Waals surface area contributed by atoms with Crippen molar-refractivity contribution < 1.29 is 9.53 Å². The van der Waals surface area contributed by atoms with Crippen LogP contribution in [-0.2, 0) is 11.3 Å². The summed E-state index contributed by atoms with van der Waals surface area (Å²) in [6.45, 7) is 2.18. The lowest BCUT2D eigenvalue weighted by Crippen LogP contribution is -2.04. The van der Waals surface area contributed by atoms with E-state index in [1.807, 2.05) is 48.7 Å². The standard InChI is InChI=1S/C20H15NO2S/c1-14-5-7-17(8-6-14)18-9-10-24-19(18)20(22)23-13-16-4-2-3-15(11-16)12-21/h2-11H,13H2,1H3. The normalized spacial score (nSPS) is 10.2. The summed E-state index contributed by atoms with van der Waals surface area (Å²) in [6, 6.07) is 19.1. The molecule has 0 aliphatic rings. The smallest absolute Gasteiger partial charge is 0.349 e. The number of nitrogens with zero attached hydrogens (tertiary/aromatic N) is 1. The number of carbonyl (C=O) groups excluding carboxylic acids is 1. The Morgan fingerprint density at radius 1 is 1.17 bits per heavy atom. The van der Waals surface area contributed by atoms with E-state index >= 15 is 0 Å². The topological polar surface area (TPSA) is 50.1 Å². The summed E-state index contributed by atoms with van der Waals surface area (Å²) in [5.41, 5.74) is 4.42. The molecule has 4 heteroatoms. The first-order valence-electron chi connectivity index (χ1n) is 7.48. The summed E-state index contributed by atoms with van der Waals surface area (Å²) < 4.78 is 5.42.